The molecular formula is C16H17BrFNO2. The lowest BCUT2D eigenvalue weighted by Crippen LogP contribution is -2.08. The number of methoxy groups -OCH3 is 2. The fourth-order valence-electron chi connectivity index (χ4n) is 2.03. The van der Waals surface area contributed by atoms with Crippen LogP contribution in [0.15, 0.2) is 40.9 Å². The summed E-state index contributed by atoms with van der Waals surface area (Å²) in [5.74, 6) is 1.19. The van der Waals surface area contributed by atoms with Crippen LogP contribution in [0.4, 0.5) is 10.1 Å². The van der Waals surface area contributed by atoms with Gasteiger partial charge in [-0.1, -0.05) is 6.07 Å². The number of anilines is 1. The lowest BCUT2D eigenvalue weighted by molar-refractivity contribution is 0.404. The molecule has 0 aromatic heterocycles. The van der Waals surface area contributed by atoms with Gasteiger partial charge in [0.25, 0.3) is 0 Å². The quantitative estimate of drug-likeness (QED) is 0.838. The molecule has 21 heavy (non-hydrogen) atoms. The van der Waals surface area contributed by atoms with Gasteiger partial charge in [-0.05, 0) is 52.7 Å². The first-order chi connectivity index (χ1) is 10.0. The molecule has 2 aromatic carbocycles. The predicted octanol–water partition coefficient (Wildman–Crippen LogP) is 4.78. The van der Waals surface area contributed by atoms with Crippen LogP contribution in [0.25, 0.3) is 0 Å². The van der Waals surface area contributed by atoms with Crippen LogP contribution >= 0.6 is 15.9 Å². The van der Waals surface area contributed by atoms with E-state index in [0.717, 1.165) is 22.7 Å². The molecule has 1 N–H and O–H groups in total. The van der Waals surface area contributed by atoms with Crippen molar-refractivity contribution in [3.8, 4) is 11.5 Å². The van der Waals surface area contributed by atoms with Gasteiger partial charge in [-0.3, -0.25) is 0 Å². The summed E-state index contributed by atoms with van der Waals surface area (Å²) in [6, 6.07) is 10.5. The van der Waals surface area contributed by atoms with Crippen molar-refractivity contribution in [2.45, 2.75) is 13.0 Å². The van der Waals surface area contributed by atoms with Gasteiger partial charge in [0.15, 0.2) is 0 Å². The fourth-order valence-corrected chi connectivity index (χ4v) is 2.42. The molecule has 1 atom stereocenters. The molecule has 0 aliphatic rings. The highest BCUT2D eigenvalue weighted by atomic mass is 79.9. The second kappa shape index (κ2) is 6.80. The van der Waals surface area contributed by atoms with Crippen LogP contribution in [0, 0.1) is 5.82 Å². The van der Waals surface area contributed by atoms with E-state index in [1.807, 2.05) is 25.1 Å². The van der Waals surface area contributed by atoms with E-state index in [1.165, 1.54) is 6.07 Å². The Labute approximate surface area is 132 Å². The molecule has 0 saturated carbocycles. The standard InChI is InChI=1S/C16H17BrFNO2/c1-10(11-4-6-14(18)13(17)8-11)19-15-9-12(20-2)5-7-16(15)21-3/h4-10,19H,1-3H3. The van der Waals surface area contributed by atoms with Crippen molar-refractivity contribution >= 4 is 21.6 Å². The monoisotopic (exact) mass is 353 g/mol. The third kappa shape index (κ3) is 3.67. The van der Waals surface area contributed by atoms with Crippen molar-refractivity contribution in [2.75, 3.05) is 19.5 Å². The summed E-state index contributed by atoms with van der Waals surface area (Å²) in [4.78, 5) is 0. The van der Waals surface area contributed by atoms with E-state index < -0.39 is 0 Å². The average Bonchev–Trinajstić information content (AvgIpc) is 2.49. The molecular weight excluding hydrogens is 337 g/mol. The average molecular weight is 354 g/mol. The number of benzene rings is 2. The highest BCUT2D eigenvalue weighted by Crippen LogP contribution is 2.32. The zero-order valence-electron chi connectivity index (χ0n) is 12.1. The molecule has 0 bridgehead atoms. The summed E-state index contributed by atoms with van der Waals surface area (Å²) >= 11 is 3.20. The van der Waals surface area contributed by atoms with E-state index in [2.05, 4.69) is 21.2 Å². The zero-order valence-corrected chi connectivity index (χ0v) is 13.7. The minimum absolute atomic E-state index is 0.0112. The van der Waals surface area contributed by atoms with Gasteiger partial charge in [-0.25, -0.2) is 4.39 Å². The molecule has 0 spiro atoms. The van der Waals surface area contributed by atoms with Crippen molar-refractivity contribution < 1.29 is 13.9 Å². The van der Waals surface area contributed by atoms with Gasteiger partial charge in [0.1, 0.15) is 17.3 Å². The van der Waals surface area contributed by atoms with Crippen LogP contribution in [0.1, 0.15) is 18.5 Å². The maximum atomic E-state index is 13.3. The zero-order chi connectivity index (χ0) is 15.4. The molecule has 0 heterocycles. The van der Waals surface area contributed by atoms with Gasteiger partial charge in [0.05, 0.1) is 24.4 Å². The highest BCUT2D eigenvalue weighted by molar-refractivity contribution is 9.10. The molecule has 112 valence electrons. The number of rotatable bonds is 5. The molecule has 2 aromatic rings. The summed E-state index contributed by atoms with van der Waals surface area (Å²) < 4.78 is 24.3. The lowest BCUT2D eigenvalue weighted by atomic mass is 10.1. The first-order valence-electron chi connectivity index (χ1n) is 6.48. The van der Waals surface area contributed by atoms with E-state index in [1.54, 1.807) is 26.4 Å². The first-order valence-corrected chi connectivity index (χ1v) is 7.28. The first kappa shape index (κ1) is 15.6. The second-order valence-corrected chi connectivity index (χ2v) is 5.46. The Balaban J connectivity index is 2.25. The van der Waals surface area contributed by atoms with Gasteiger partial charge in [0.2, 0.25) is 0 Å². The highest BCUT2D eigenvalue weighted by Gasteiger charge is 2.11. The van der Waals surface area contributed by atoms with Crippen molar-refractivity contribution in [1.82, 2.24) is 0 Å². The summed E-state index contributed by atoms with van der Waals surface area (Å²) in [5, 5.41) is 3.35. The topological polar surface area (TPSA) is 30.5 Å². The lowest BCUT2D eigenvalue weighted by Gasteiger charge is -2.19. The van der Waals surface area contributed by atoms with Gasteiger partial charge in [0, 0.05) is 12.1 Å². The predicted molar refractivity (Wildman–Crippen MR) is 85.7 cm³/mol. The molecule has 0 fully saturated rings. The maximum Gasteiger partial charge on any atom is 0.142 e. The smallest absolute Gasteiger partial charge is 0.142 e. The molecule has 0 radical (unpaired) electrons. The summed E-state index contributed by atoms with van der Waals surface area (Å²) in [6.07, 6.45) is 0. The van der Waals surface area contributed by atoms with Gasteiger partial charge < -0.3 is 14.8 Å². The van der Waals surface area contributed by atoms with Crippen LogP contribution in [-0.4, -0.2) is 14.2 Å². The van der Waals surface area contributed by atoms with Crippen LogP contribution in [-0.2, 0) is 0 Å². The van der Waals surface area contributed by atoms with E-state index in [9.17, 15) is 4.39 Å². The summed E-state index contributed by atoms with van der Waals surface area (Å²) in [6.45, 7) is 2.00. The number of hydrogen-bond donors (Lipinski definition) is 1. The Kier molecular flexibility index (Phi) is 5.07. The van der Waals surface area contributed by atoms with Crippen LogP contribution < -0.4 is 14.8 Å². The SMILES string of the molecule is COc1ccc(OC)c(NC(C)c2ccc(F)c(Br)c2)c1. The molecule has 2 rings (SSSR count). The van der Waals surface area contributed by atoms with E-state index in [4.69, 9.17) is 9.47 Å². The van der Waals surface area contributed by atoms with E-state index in [-0.39, 0.29) is 11.9 Å². The molecule has 0 amide bonds. The Hall–Kier alpha value is -1.75. The summed E-state index contributed by atoms with van der Waals surface area (Å²) in [5.41, 5.74) is 1.79. The third-order valence-corrected chi connectivity index (χ3v) is 3.83. The Morgan fingerprint density at radius 1 is 1.10 bits per heavy atom. The Morgan fingerprint density at radius 2 is 1.86 bits per heavy atom. The van der Waals surface area contributed by atoms with Crippen molar-refractivity contribution in [3.63, 3.8) is 0 Å². The minimum Gasteiger partial charge on any atom is -0.497 e. The summed E-state index contributed by atoms with van der Waals surface area (Å²) in [7, 11) is 3.23. The molecule has 0 saturated heterocycles. The van der Waals surface area contributed by atoms with Gasteiger partial charge in [-0.2, -0.15) is 0 Å². The normalized spacial score (nSPS) is 11.9. The van der Waals surface area contributed by atoms with E-state index >= 15 is 0 Å². The number of halogens is 2. The van der Waals surface area contributed by atoms with Crippen LogP contribution in [0.5, 0.6) is 11.5 Å². The number of hydrogen-bond acceptors (Lipinski definition) is 3. The van der Waals surface area contributed by atoms with Crippen molar-refractivity contribution in [3.05, 3.63) is 52.3 Å². The van der Waals surface area contributed by atoms with Crippen LogP contribution in [0.2, 0.25) is 0 Å². The molecule has 5 heteroatoms. The maximum absolute atomic E-state index is 13.3. The molecule has 0 aliphatic carbocycles. The minimum atomic E-state index is -0.273. The molecule has 0 aliphatic heterocycles. The van der Waals surface area contributed by atoms with Crippen molar-refractivity contribution in [1.29, 1.82) is 0 Å². The van der Waals surface area contributed by atoms with E-state index in [0.29, 0.717) is 4.47 Å². The fraction of sp³-hybridized carbons (Fsp3) is 0.250. The van der Waals surface area contributed by atoms with Gasteiger partial charge in [-0.15, -0.1) is 0 Å². The van der Waals surface area contributed by atoms with Gasteiger partial charge >= 0.3 is 0 Å². The number of nitrogens with one attached hydrogen (secondary N) is 1. The van der Waals surface area contributed by atoms with Crippen molar-refractivity contribution in [2.24, 2.45) is 0 Å². The Bertz CT molecular complexity index is 634. The largest absolute Gasteiger partial charge is 0.497 e. The molecule has 1 unspecified atom stereocenters. The second-order valence-electron chi connectivity index (χ2n) is 4.61. The van der Waals surface area contributed by atoms with Crippen LogP contribution in [0.3, 0.4) is 0 Å². The molecule has 3 nitrogen and oxygen atoms in total. The number of ether oxygens (including phenoxy) is 2. The Morgan fingerprint density at radius 3 is 2.48 bits per heavy atom. The third-order valence-electron chi connectivity index (χ3n) is 3.22.